The lowest BCUT2D eigenvalue weighted by Gasteiger charge is -2.28. The van der Waals surface area contributed by atoms with E-state index in [1.54, 1.807) is 0 Å². The number of hydrogen-bond acceptors (Lipinski definition) is 2. The molecule has 0 bridgehead atoms. The van der Waals surface area contributed by atoms with E-state index in [0.29, 0.717) is 0 Å². The maximum absolute atomic E-state index is 5.74. The van der Waals surface area contributed by atoms with Crippen molar-refractivity contribution in [3.05, 3.63) is 82.9 Å². The average Bonchev–Trinajstić information content (AvgIpc) is 3.19. The molecule has 0 spiro atoms. The van der Waals surface area contributed by atoms with Gasteiger partial charge in [-0.25, -0.2) is 0 Å². The van der Waals surface area contributed by atoms with E-state index in [1.165, 1.54) is 28.2 Å². The van der Waals surface area contributed by atoms with Gasteiger partial charge < -0.3 is 14.8 Å². The van der Waals surface area contributed by atoms with Crippen LogP contribution in [-0.2, 0) is 0 Å². The van der Waals surface area contributed by atoms with Gasteiger partial charge in [-0.15, -0.1) is 0 Å². The van der Waals surface area contributed by atoms with Crippen molar-refractivity contribution in [3.8, 4) is 5.69 Å². The molecule has 29 heavy (non-hydrogen) atoms. The summed E-state index contributed by atoms with van der Waals surface area (Å²) in [6.45, 7) is 9.69. The SMILES string of the molecule is CCCN1C(=S)N[C@@H](c2ccccn2)[C@H]1c1cc(C)n(-c2ccccc2C)c1C. The van der Waals surface area contributed by atoms with Gasteiger partial charge in [0.1, 0.15) is 0 Å². The molecule has 3 heterocycles. The van der Waals surface area contributed by atoms with Crippen LogP contribution in [0.2, 0.25) is 0 Å². The molecule has 4 nitrogen and oxygen atoms in total. The molecule has 4 rings (SSSR count). The molecule has 0 radical (unpaired) electrons. The fourth-order valence-electron chi connectivity index (χ4n) is 4.50. The lowest BCUT2D eigenvalue weighted by Crippen LogP contribution is -2.30. The zero-order valence-corrected chi connectivity index (χ0v) is 18.3. The Morgan fingerprint density at radius 1 is 1.07 bits per heavy atom. The molecule has 5 heteroatoms. The minimum Gasteiger partial charge on any atom is -0.352 e. The van der Waals surface area contributed by atoms with Gasteiger partial charge in [-0.2, -0.15) is 0 Å². The van der Waals surface area contributed by atoms with E-state index < -0.39 is 0 Å². The molecule has 1 aliphatic heterocycles. The molecule has 2 atom stereocenters. The zero-order chi connectivity index (χ0) is 20.5. The number of pyridine rings is 1. The Kier molecular flexibility index (Phi) is 5.41. The predicted molar refractivity (Wildman–Crippen MR) is 122 cm³/mol. The van der Waals surface area contributed by atoms with Gasteiger partial charge in [0, 0.05) is 29.8 Å². The molecule has 1 aliphatic rings. The van der Waals surface area contributed by atoms with Crippen LogP contribution in [0.1, 0.15) is 53.6 Å². The zero-order valence-electron chi connectivity index (χ0n) is 17.5. The van der Waals surface area contributed by atoms with Crippen molar-refractivity contribution in [1.29, 1.82) is 0 Å². The first-order chi connectivity index (χ1) is 14.0. The van der Waals surface area contributed by atoms with Crippen molar-refractivity contribution in [2.24, 2.45) is 0 Å². The molecular weight excluding hydrogens is 376 g/mol. The largest absolute Gasteiger partial charge is 0.352 e. The summed E-state index contributed by atoms with van der Waals surface area (Å²) in [7, 11) is 0. The second-order valence-electron chi connectivity index (χ2n) is 7.77. The van der Waals surface area contributed by atoms with Gasteiger partial charge in [0.05, 0.1) is 17.8 Å². The van der Waals surface area contributed by atoms with Crippen LogP contribution in [0.25, 0.3) is 5.69 Å². The molecule has 2 aromatic heterocycles. The van der Waals surface area contributed by atoms with Gasteiger partial charge >= 0.3 is 0 Å². The number of nitrogens with zero attached hydrogens (tertiary/aromatic N) is 3. The summed E-state index contributed by atoms with van der Waals surface area (Å²) < 4.78 is 2.37. The van der Waals surface area contributed by atoms with Crippen LogP contribution in [0, 0.1) is 20.8 Å². The normalized spacial score (nSPS) is 18.9. The predicted octanol–water partition coefficient (Wildman–Crippen LogP) is 5.18. The Morgan fingerprint density at radius 3 is 2.52 bits per heavy atom. The molecule has 150 valence electrons. The number of aromatic nitrogens is 2. The lowest BCUT2D eigenvalue weighted by atomic mass is 9.96. The summed E-state index contributed by atoms with van der Waals surface area (Å²) in [4.78, 5) is 6.97. The molecule has 1 saturated heterocycles. The number of hydrogen-bond donors (Lipinski definition) is 1. The minimum absolute atomic E-state index is 0.0427. The summed E-state index contributed by atoms with van der Waals surface area (Å²) in [5.74, 6) is 0. The van der Waals surface area contributed by atoms with Gasteiger partial charge in [-0.1, -0.05) is 31.2 Å². The van der Waals surface area contributed by atoms with Crippen LogP contribution in [0.15, 0.2) is 54.7 Å². The number of thiocarbonyl (C=S) groups is 1. The Hall–Kier alpha value is -2.66. The van der Waals surface area contributed by atoms with Gasteiger partial charge in [0.25, 0.3) is 0 Å². The third-order valence-electron chi connectivity index (χ3n) is 5.81. The molecule has 1 N–H and O–H groups in total. The fraction of sp³-hybridized carbons (Fsp3) is 0.333. The molecule has 0 aliphatic carbocycles. The monoisotopic (exact) mass is 404 g/mol. The van der Waals surface area contributed by atoms with Crippen molar-refractivity contribution < 1.29 is 0 Å². The van der Waals surface area contributed by atoms with Crippen LogP contribution < -0.4 is 5.32 Å². The van der Waals surface area contributed by atoms with E-state index in [1.807, 2.05) is 18.3 Å². The van der Waals surface area contributed by atoms with Crippen LogP contribution in [0.4, 0.5) is 0 Å². The Balaban J connectivity index is 1.85. The second-order valence-corrected chi connectivity index (χ2v) is 8.16. The molecule has 0 unspecified atom stereocenters. The Bertz CT molecular complexity index is 1020. The van der Waals surface area contributed by atoms with Gasteiger partial charge in [-0.3, -0.25) is 4.98 Å². The smallest absolute Gasteiger partial charge is 0.170 e. The first-order valence-corrected chi connectivity index (χ1v) is 10.7. The van der Waals surface area contributed by atoms with Gasteiger partial charge in [-0.05, 0) is 74.8 Å². The van der Waals surface area contributed by atoms with Crippen molar-refractivity contribution in [2.45, 2.75) is 46.2 Å². The van der Waals surface area contributed by atoms with E-state index in [2.05, 4.69) is 83.9 Å². The molecular formula is C24H28N4S. The number of aryl methyl sites for hydroxylation is 2. The molecule has 3 aromatic rings. The van der Waals surface area contributed by atoms with E-state index >= 15 is 0 Å². The average molecular weight is 405 g/mol. The quantitative estimate of drug-likeness (QED) is 0.594. The molecule has 0 saturated carbocycles. The van der Waals surface area contributed by atoms with Crippen molar-refractivity contribution in [1.82, 2.24) is 19.8 Å². The number of rotatable bonds is 5. The topological polar surface area (TPSA) is 33.1 Å². The highest BCUT2D eigenvalue weighted by molar-refractivity contribution is 7.80. The summed E-state index contributed by atoms with van der Waals surface area (Å²) in [6, 6.07) is 17.1. The minimum atomic E-state index is 0.0427. The van der Waals surface area contributed by atoms with Gasteiger partial charge in [0.2, 0.25) is 0 Å². The van der Waals surface area contributed by atoms with E-state index in [0.717, 1.165) is 23.8 Å². The van der Waals surface area contributed by atoms with Crippen LogP contribution in [-0.4, -0.2) is 26.1 Å². The summed E-state index contributed by atoms with van der Waals surface area (Å²) in [5, 5.41) is 4.36. The highest BCUT2D eigenvalue weighted by Gasteiger charge is 2.40. The molecule has 1 aromatic carbocycles. The Labute approximate surface area is 178 Å². The maximum Gasteiger partial charge on any atom is 0.170 e. The van der Waals surface area contributed by atoms with Crippen LogP contribution in [0.3, 0.4) is 0 Å². The number of nitrogens with one attached hydrogen (secondary N) is 1. The third kappa shape index (κ3) is 3.44. The number of benzene rings is 1. The summed E-state index contributed by atoms with van der Waals surface area (Å²) >= 11 is 5.74. The third-order valence-corrected chi connectivity index (χ3v) is 6.16. The van der Waals surface area contributed by atoms with Gasteiger partial charge in [0.15, 0.2) is 5.11 Å². The van der Waals surface area contributed by atoms with Crippen LogP contribution >= 0.6 is 12.2 Å². The van der Waals surface area contributed by atoms with E-state index in [4.69, 9.17) is 12.2 Å². The first-order valence-electron chi connectivity index (χ1n) is 10.3. The number of para-hydroxylation sites is 1. The fourth-order valence-corrected chi connectivity index (χ4v) is 4.83. The lowest BCUT2D eigenvalue weighted by molar-refractivity contribution is 0.316. The maximum atomic E-state index is 5.74. The van der Waals surface area contributed by atoms with E-state index in [-0.39, 0.29) is 12.1 Å². The highest BCUT2D eigenvalue weighted by Crippen LogP contribution is 2.41. The van der Waals surface area contributed by atoms with Crippen LogP contribution in [0.5, 0.6) is 0 Å². The summed E-state index contributed by atoms with van der Waals surface area (Å²) in [6.07, 6.45) is 2.90. The second kappa shape index (κ2) is 7.99. The van der Waals surface area contributed by atoms with Crippen molar-refractivity contribution in [3.63, 3.8) is 0 Å². The van der Waals surface area contributed by atoms with Crippen molar-refractivity contribution >= 4 is 17.3 Å². The molecule has 1 fully saturated rings. The van der Waals surface area contributed by atoms with E-state index in [9.17, 15) is 0 Å². The Morgan fingerprint density at radius 2 is 1.83 bits per heavy atom. The van der Waals surface area contributed by atoms with Crippen molar-refractivity contribution in [2.75, 3.05) is 6.54 Å². The first kappa shape index (κ1) is 19.6. The molecule has 0 amide bonds. The summed E-state index contributed by atoms with van der Waals surface area (Å²) in [5.41, 5.74) is 7.34. The standard InChI is InChI=1S/C24H28N4S/c1-5-14-27-23(22(26-24(27)29)20-11-8-9-13-25-20)19-15-17(3)28(18(19)4)21-12-7-6-10-16(21)2/h6-13,15,22-23H,5,14H2,1-4H3,(H,26,29)/t22-,23+/m0/s1. The highest BCUT2D eigenvalue weighted by atomic mass is 32.1.